The molecule has 0 bridgehead atoms. The third kappa shape index (κ3) is 9.17. The van der Waals surface area contributed by atoms with E-state index in [0.717, 1.165) is 12.2 Å². The summed E-state index contributed by atoms with van der Waals surface area (Å²) in [7, 11) is 0. The van der Waals surface area contributed by atoms with Gasteiger partial charge in [0.1, 0.15) is 11.2 Å². The molecule has 0 fully saturated rings. The molecule has 0 spiro atoms. The molecule has 0 unspecified atom stereocenters. The normalized spacial score (nSPS) is 13.6. The number of carbonyl (C=O) groups is 4. The molecule has 4 aromatic rings. The maximum absolute atomic E-state index is 13.3. The summed E-state index contributed by atoms with van der Waals surface area (Å²) in [5.41, 5.74) is -0.738. The molecule has 2 aromatic carbocycles. The molecule has 2 atom stereocenters. The number of benzene rings is 2. The van der Waals surface area contributed by atoms with Gasteiger partial charge in [0.05, 0.1) is 0 Å². The van der Waals surface area contributed by atoms with E-state index < -0.39 is 58.9 Å². The highest BCUT2D eigenvalue weighted by molar-refractivity contribution is 5.95. The molecule has 0 radical (unpaired) electrons. The molecular formula is C32H30O14. The van der Waals surface area contributed by atoms with Crippen LogP contribution < -0.4 is 11.6 Å². The average molecular weight is 639 g/mol. The van der Waals surface area contributed by atoms with Crippen molar-refractivity contribution >= 4 is 58.4 Å². The average Bonchev–Trinajstić information content (AvgIpc) is 3.50. The van der Waals surface area contributed by atoms with E-state index in [1.54, 1.807) is 41.5 Å². The van der Waals surface area contributed by atoms with Crippen molar-refractivity contribution in [3.8, 4) is 0 Å². The Morgan fingerprint density at radius 2 is 0.935 bits per heavy atom. The molecule has 242 valence electrons. The van der Waals surface area contributed by atoms with Gasteiger partial charge in [-0.25, -0.2) is 28.8 Å². The van der Waals surface area contributed by atoms with Gasteiger partial charge in [0.2, 0.25) is 12.2 Å². The number of rotatable bonds is 9. The molecule has 0 N–H and O–H groups in total. The molecular weight excluding hydrogens is 608 g/mol. The third-order valence-corrected chi connectivity index (χ3v) is 5.57. The van der Waals surface area contributed by atoms with Gasteiger partial charge in [0.25, 0.3) is 0 Å². The minimum absolute atomic E-state index is 0.131. The first-order valence-electron chi connectivity index (χ1n) is 13.8. The molecule has 0 amide bonds. The van der Waals surface area contributed by atoms with Crippen molar-refractivity contribution in [1.82, 2.24) is 0 Å². The maximum Gasteiger partial charge on any atom is 0.519 e. The zero-order chi connectivity index (χ0) is 33.8. The molecule has 2 heterocycles. The SMILES string of the molecule is CC(C)(C)OC(=O)[C@H](OC(=O)/C=C/c1ccc2oc(=O)oc2c1)[C@@H](OC(=O)/C=C/c1ccc2oc(=O)oc2c1)C(=O)OC(C)(C)C. The van der Waals surface area contributed by atoms with Crippen LogP contribution in [-0.2, 0) is 38.1 Å². The van der Waals surface area contributed by atoms with Crippen LogP contribution in [0.2, 0.25) is 0 Å². The fraction of sp³-hybridized carbons (Fsp3) is 0.312. The number of esters is 4. The highest BCUT2D eigenvalue weighted by atomic mass is 16.6. The Labute approximate surface area is 260 Å². The van der Waals surface area contributed by atoms with E-state index in [0.29, 0.717) is 11.1 Å². The Kier molecular flexibility index (Phi) is 9.49. The summed E-state index contributed by atoms with van der Waals surface area (Å²) in [6, 6.07) is 8.78. The highest BCUT2D eigenvalue weighted by Gasteiger charge is 2.44. The quantitative estimate of drug-likeness (QED) is 0.143. The summed E-state index contributed by atoms with van der Waals surface area (Å²) in [4.78, 5) is 75.1. The van der Waals surface area contributed by atoms with Gasteiger partial charge in [-0.15, -0.1) is 0 Å². The first-order valence-corrected chi connectivity index (χ1v) is 13.8. The molecule has 0 aliphatic carbocycles. The van der Waals surface area contributed by atoms with Crippen molar-refractivity contribution < 1.29 is 55.8 Å². The standard InChI is InChI=1S/C32H30O14/c1-31(2,3)45-27(35)25(43-23(33)13-9-17-7-11-19-21(15-17)41-29(37)39-19)26(28(36)46-32(4,5)6)44-24(34)14-10-18-8-12-20-22(16-18)42-30(38)40-20/h7-16,25-26H,1-6H3/b13-9+,14-10+/t25-,26-/m1/s1. The monoisotopic (exact) mass is 638 g/mol. The molecule has 2 aromatic heterocycles. The zero-order valence-corrected chi connectivity index (χ0v) is 25.6. The second-order valence-corrected chi connectivity index (χ2v) is 11.8. The summed E-state index contributed by atoms with van der Waals surface area (Å²) >= 11 is 0. The van der Waals surface area contributed by atoms with E-state index in [1.165, 1.54) is 48.6 Å². The van der Waals surface area contributed by atoms with Crippen molar-refractivity contribution in [2.75, 3.05) is 0 Å². The maximum atomic E-state index is 13.3. The van der Waals surface area contributed by atoms with E-state index >= 15 is 0 Å². The van der Waals surface area contributed by atoms with Crippen LogP contribution in [0.15, 0.2) is 75.8 Å². The van der Waals surface area contributed by atoms with Crippen LogP contribution >= 0.6 is 0 Å². The largest absolute Gasteiger partial charge is 0.519 e. The van der Waals surface area contributed by atoms with Crippen LogP contribution in [0.25, 0.3) is 34.5 Å². The molecule has 0 saturated carbocycles. The predicted molar refractivity (Wildman–Crippen MR) is 159 cm³/mol. The van der Waals surface area contributed by atoms with E-state index in [-0.39, 0.29) is 22.3 Å². The molecule has 0 aliphatic rings. The topological polar surface area (TPSA) is 192 Å². The predicted octanol–water partition coefficient (Wildman–Crippen LogP) is 4.32. The highest BCUT2D eigenvalue weighted by Crippen LogP contribution is 2.21. The van der Waals surface area contributed by atoms with Gasteiger partial charge >= 0.3 is 35.5 Å². The third-order valence-electron chi connectivity index (χ3n) is 5.57. The van der Waals surface area contributed by atoms with Crippen molar-refractivity contribution in [3.63, 3.8) is 0 Å². The number of ether oxygens (including phenoxy) is 4. The van der Waals surface area contributed by atoms with Gasteiger partial charge in [0.15, 0.2) is 22.3 Å². The minimum Gasteiger partial charge on any atom is -0.457 e. The molecule has 4 rings (SSSR count). The van der Waals surface area contributed by atoms with E-state index in [4.69, 9.17) is 36.6 Å². The molecule has 14 nitrogen and oxygen atoms in total. The molecule has 46 heavy (non-hydrogen) atoms. The second-order valence-electron chi connectivity index (χ2n) is 11.8. The smallest absolute Gasteiger partial charge is 0.457 e. The van der Waals surface area contributed by atoms with Crippen molar-refractivity contribution in [2.24, 2.45) is 0 Å². The zero-order valence-electron chi connectivity index (χ0n) is 25.6. The van der Waals surface area contributed by atoms with Crippen LogP contribution in [-0.4, -0.2) is 47.3 Å². The van der Waals surface area contributed by atoms with Gasteiger partial charge < -0.3 is 36.6 Å². The Hall–Kier alpha value is -5.66. The lowest BCUT2D eigenvalue weighted by molar-refractivity contribution is -0.197. The van der Waals surface area contributed by atoms with Crippen LogP contribution in [0.5, 0.6) is 0 Å². The Balaban J connectivity index is 1.60. The number of hydrogen-bond acceptors (Lipinski definition) is 14. The summed E-state index contributed by atoms with van der Waals surface area (Å²) in [5, 5.41) is 0. The van der Waals surface area contributed by atoms with Crippen LogP contribution in [0.4, 0.5) is 0 Å². The number of carbonyl (C=O) groups excluding carboxylic acids is 4. The first kappa shape index (κ1) is 33.2. The molecule has 14 heteroatoms. The fourth-order valence-electron chi connectivity index (χ4n) is 3.83. The van der Waals surface area contributed by atoms with Crippen molar-refractivity contribution in [2.45, 2.75) is 65.0 Å². The van der Waals surface area contributed by atoms with Crippen molar-refractivity contribution in [1.29, 1.82) is 0 Å². The lowest BCUT2D eigenvalue weighted by Gasteiger charge is -2.29. The summed E-state index contributed by atoms with van der Waals surface area (Å²) in [6.45, 7) is 9.28. The van der Waals surface area contributed by atoms with Crippen LogP contribution in [0.1, 0.15) is 52.7 Å². The molecule has 0 saturated heterocycles. The van der Waals surface area contributed by atoms with Gasteiger partial charge in [0, 0.05) is 12.2 Å². The van der Waals surface area contributed by atoms with Gasteiger partial charge in [-0.05, 0) is 89.1 Å². The fourth-order valence-corrected chi connectivity index (χ4v) is 3.83. The van der Waals surface area contributed by atoms with Gasteiger partial charge in [-0.3, -0.25) is 0 Å². The van der Waals surface area contributed by atoms with Gasteiger partial charge in [-0.1, -0.05) is 12.1 Å². The lowest BCUT2D eigenvalue weighted by atomic mass is 10.1. The van der Waals surface area contributed by atoms with E-state index in [1.807, 2.05) is 0 Å². The summed E-state index contributed by atoms with van der Waals surface area (Å²) in [5.74, 6) is -6.41. The number of fused-ring (bicyclic) bond motifs is 2. The Morgan fingerprint density at radius 1 is 0.587 bits per heavy atom. The Bertz CT molecular complexity index is 1810. The van der Waals surface area contributed by atoms with Gasteiger partial charge in [-0.2, -0.15) is 0 Å². The summed E-state index contributed by atoms with van der Waals surface area (Å²) in [6.07, 6.45) is 0.280. The Morgan fingerprint density at radius 3 is 1.28 bits per heavy atom. The van der Waals surface area contributed by atoms with E-state index in [2.05, 4.69) is 0 Å². The van der Waals surface area contributed by atoms with Crippen LogP contribution in [0, 0.1) is 0 Å². The summed E-state index contributed by atoms with van der Waals surface area (Å²) < 4.78 is 40.9. The van der Waals surface area contributed by atoms with Crippen molar-refractivity contribution in [3.05, 3.63) is 80.9 Å². The lowest BCUT2D eigenvalue weighted by Crippen LogP contribution is -2.49. The van der Waals surface area contributed by atoms with Crippen LogP contribution in [0.3, 0.4) is 0 Å². The second kappa shape index (κ2) is 13.1. The first-order chi connectivity index (χ1) is 21.5. The number of hydrogen-bond donors (Lipinski definition) is 0. The molecule has 0 aliphatic heterocycles. The van der Waals surface area contributed by atoms with E-state index in [9.17, 15) is 28.8 Å². The minimum atomic E-state index is -2.09.